The Morgan fingerprint density at radius 1 is 1.21 bits per heavy atom. The van der Waals surface area contributed by atoms with Gasteiger partial charge in [0.25, 0.3) is 11.6 Å². The number of nitrogens with one attached hydrogen (secondary N) is 1. The summed E-state index contributed by atoms with van der Waals surface area (Å²) in [6.07, 6.45) is 0. The molecule has 0 aliphatic rings. The topological polar surface area (TPSA) is 130 Å². The fourth-order valence-corrected chi connectivity index (χ4v) is 2.22. The maximum absolute atomic E-state index is 12.3. The molecule has 2 aromatic carbocycles. The van der Waals surface area contributed by atoms with Crippen LogP contribution in [0.2, 0.25) is 5.02 Å². The third-order valence-electron chi connectivity index (χ3n) is 3.19. The Labute approximate surface area is 140 Å². The molecule has 0 bridgehead atoms. The van der Waals surface area contributed by atoms with Crippen LogP contribution in [0.4, 0.5) is 11.4 Å². The number of carboxylic acid groups (broad SMARTS) is 1. The van der Waals surface area contributed by atoms with E-state index in [-0.39, 0.29) is 33.1 Å². The Morgan fingerprint density at radius 3 is 2.46 bits per heavy atom. The molecule has 8 nitrogen and oxygen atoms in total. The number of halogens is 1. The summed E-state index contributed by atoms with van der Waals surface area (Å²) in [5.74, 6) is -2.51. The number of carbonyl (C=O) groups is 2. The molecule has 0 radical (unpaired) electrons. The van der Waals surface area contributed by atoms with Crippen molar-refractivity contribution in [1.29, 1.82) is 0 Å². The van der Waals surface area contributed by atoms with E-state index in [0.29, 0.717) is 0 Å². The second-order valence-corrected chi connectivity index (χ2v) is 5.28. The molecule has 1 amide bonds. The van der Waals surface area contributed by atoms with E-state index in [1.165, 1.54) is 19.1 Å². The summed E-state index contributed by atoms with van der Waals surface area (Å²) in [7, 11) is 0. The molecule has 0 unspecified atom stereocenters. The third-order valence-corrected chi connectivity index (χ3v) is 3.52. The molecule has 0 atom stereocenters. The molecule has 0 aliphatic carbocycles. The van der Waals surface area contributed by atoms with Crippen molar-refractivity contribution in [3.63, 3.8) is 0 Å². The van der Waals surface area contributed by atoms with Crippen molar-refractivity contribution in [3.8, 4) is 5.75 Å². The number of aromatic carboxylic acids is 1. The molecule has 3 N–H and O–H groups in total. The van der Waals surface area contributed by atoms with E-state index in [1.54, 1.807) is 0 Å². The van der Waals surface area contributed by atoms with E-state index in [9.17, 15) is 24.8 Å². The van der Waals surface area contributed by atoms with Crippen molar-refractivity contribution in [2.45, 2.75) is 6.92 Å². The van der Waals surface area contributed by atoms with Crippen molar-refractivity contribution in [3.05, 3.63) is 62.2 Å². The van der Waals surface area contributed by atoms with Gasteiger partial charge in [-0.2, -0.15) is 0 Å². The number of aromatic hydroxyl groups is 1. The summed E-state index contributed by atoms with van der Waals surface area (Å²) in [6, 6.07) is 5.84. The number of nitro groups is 1. The van der Waals surface area contributed by atoms with Gasteiger partial charge < -0.3 is 15.5 Å². The Balaban J connectivity index is 2.39. The Hall–Kier alpha value is -3.13. The molecule has 124 valence electrons. The van der Waals surface area contributed by atoms with Crippen LogP contribution in [-0.4, -0.2) is 27.0 Å². The molecule has 0 saturated carbocycles. The number of phenols is 1. The molecule has 0 aliphatic heterocycles. The smallest absolute Gasteiger partial charge is 0.339 e. The number of carbonyl (C=O) groups excluding carboxylic acids is 1. The minimum absolute atomic E-state index is 0.00654. The predicted octanol–water partition coefficient (Wildman–Crippen LogP) is 3.21. The zero-order valence-electron chi connectivity index (χ0n) is 12.2. The Morgan fingerprint density at radius 2 is 1.88 bits per heavy atom. The lowest BCUT2D eigenvalue weighted by molar-refractivity contribution is -0.384. The fourth-order valence-electron chi connectivity index (χ4n) is 2.01. The van der Waals surface area contributed by atoms with E-state index in [4.69, 9.17) is 16.7 Å². The van der Waals surface area contributed by atoms with Crippen LogP contribution >= 0.6 is 11.6 Å². The van der Waals surface area contributed by atoms with Crippen LogP contribution in [0.25, 0.3) is 0 Å². The summed E-state index contributed by atoms with van der Waals surface area (Å²) in [5, 5.41) is 31.9. The van der Waals surface area contributed by atoms with Gasteiger partial charge in [0.2, 0.25) is 0 Å². The molecule has 24 heavy (non-hydrogen) atoms. The summed E-state index contributed by atoms with van der Waals surface area (Å²) in [6.45, 7) is 1.47. The largest absolute Gasteiger partial charge is 0.507 e. The van der Waals surface area contributed by atoms with Gasteiger partial charge in [-0.15, -0.1) is 0 Å². The molecular formula is C15H11ClN2O6. The molecule has 0 saturated heterocycles. The molecule has 2 rings (SSSR count). The summed E-state index contributed by atoms with van der Waals surface area (Å²) in [5.41, 5.74) is -0.466. The van der Waals surface area contributed by atoms with Crippen LogP contribution in [-0.2, 0) is 0 Å². The first-order valence-electron chi connectivity index (χ1n) is 6.53. The number of nitrogens with zero attached hydrogens (tertiary/aromatic N) is 1. The minimum atomic E-state index is -1.36. The number of hydrogen-bond acceptors (Lipinski definition) is 5. The van der Waals surface area contributed by atoms with Gasteiger partial charge in [0.1, 0.15) is 11.3 Å². The standard InChI is InChI=1S/C15H11ClN2O6/c1-7-4-8(5-11(13(7)19)15(21)22)17-14(20)10-6-9(18(23)24)2-3-12(10)16/h2-6,19H,1H3,(H,17,20)(H,21,22). The Bertz CT molecular complexity index is 865. The fraction of sp³-hybridized carbons (Fsp3) is 0.0667. The minimum Gasteiger partial charge on any atom is -0.507 e. The molecule has 0 fully saturated rings. The number of hydrogen-bond donors (Lipinski definition) is 3. The normalized spacial score (nSPS) is 10.2. The molecule has 0 heterocycles. The maximum atomic E-state index is 12.3. The lowest BCUT2D eigenvalue weighted by Crippen LogP contribution is -2.13. The van der Waals surface area contributed by atoms with Gasteiger partial charge in [-0.3, -0.25) is 14.9 Å². The predicted molar refractivity (Wildman–Crippen MR) is 85.9 cm³/mol. The molecule has 0 spiro atoms. The van der Waals surface area contributed by atoms with Gasteiger partial charge in [0.05, 0.1) is 15.5 Å². The third kappa shape index (κ3) is 3.44. The lowest BCUT2D eigenvalue weighted by Gasteiger charge is -2.10. The first-order valence-corrected chi connectivity index (χ1v) is 6.90. The van der Waals surface area contributed by atoms with Gasteiger partial charge in [0, 0.05) is 17.8 Å². The average Bonchev–Trinajstić information content (AvgIpc) is 2.50. The van der Waals surface area contributed by atoms with Crippen molar-refractivity contribution in [2.75, 3.05) is 5.32 Å². The number of non-ortho nitro benzene ring substituents is 1. The molecule has 0 aromatic heterocycles. The number of benzene rings is 2. The van der Waals surface area contributed by atoms with Crippen LogP contribution in [0.5, 0.6) is 5.75 Å². The SMILES string of the molecule is Cc1cc(NC(=O)c2cc([N+](=O)[O-])ccc2Cl)cc(C(=O)O)c1O. The van der Waals surface area contributed by atoms with Gasteiger partial charge in [-0.25, -0.2) is 4.79 Å². The van der Waals surface area contributed by atoms with E-state index in [0.717, 1.165) is 18.2 Å². The van der Waals surface area contributed by atoms with E-state index < -0.39 is 22.5 Å². The van der Waals surface area contributed by atoms with E-state index in [1.807, 2.05) is 0 Å². The number of rotatable bonds is 4. The van der Waals surface area contributed by atoms with Crippen LogP contribution < -0.4 is 5.32 Å². The highest BCUT2D eigenvalue weighted by Gasteiger charge is 2.18. The first-order chi connectivity index (χ1) is 11.2. The highest BCUT2D eigenvalue weighted by atomic mass is 35.5. The lowest BCUT2D eigenvalue weighted by atomic mass is 10.1. The van der Waals surface area contributed by atoms with Gasteiger partial charge in [-0.1, -0.05) is 11.6 Å². The van der Waals surface area contributed by atoms with Crippen LogP contribution in [0.15, 0.2) is 30.3 Å². The quantitative estimate of drug-likeness (QED) is 0.441. The van der Waals surface area contributed by atoms with Crippen molar-refractivity contribution >= 4 is 34.9 Å². The highest BCUT2D eigenvalue weighted by molar-refractivity contribution is 6.34. The number of nitro benzene ring substituents is 1. The monoisotopic (exact) mass is 350 g/mol. The van der Waals surface area contributed by atoms with Crippen LogP contribution in [0.3, 0.4) is 0 Å². The number of aryl methyl sites for hydroxylation is 1. The summed E-state index contributed by atoms with van der Waals surface area (Å²) < 4.78 is 0. The van der Waals surface area contributed by atoms with E-state index >= 15 is 0 Å². The van der Waals surface area contributed by atoms with Crippen LogP contribution in [0.1, 0.15) is 26.3 Å². The van der Waals surface area contributed by atoms with Gasteiger partial charge >= 0.3 is 5.97 Å². The van der Waals surface area contributed by atoms with Gasteiger partial charge in [-0.05, 0) is 30.7 Å². The second kappa shape index (κ2) is 6.55. The van der Waals surface area contributed by atoms with Crippen molar-refractivity contribution in [2.24, 2.45) is 0 Å². The van der Waals surface area contributed by atoms with Gasteiger partial charge in [0.15, 0.2) is 0 Å². The number of anilines is 1. The zero-order valence-corrected chi connectivity index (χ0v) is 13.0. The number of carboxylic acids is 1. The summed E-state index contributed by atoms with van der Waals surface area (Å²) in [4.78, 5) is 33.5. The highest BCUT2D eigenvalue weighted by Crippen LogP contribution is 2.28. The Kier molecular flexibility index (Phi) is 4.70. The molecule has 9 heteroatoms. The average molecular weight is 351 g/mol. The molecule has 2 aromatic rings. The number of amides is 1. The second-order valence-electron chi connectivity index (χ2n) is 4.87. The summed E-state index contributed by atoms with van der Waals surface area (Å²) >= 11 is 5.88. The van der Waals surface area contributed by atoms with E-state index in [2.05, 4.69) is 5.32 Å². The first kappa shape index (κ1) is 17.2. The molecular weight excluding hydrogens is 340 g/mol. The van der Waals surface area contributed by atoms with Crippen molar-refractivity contribution < 1.29 is 24.7 Å². The van der Waals surface area contributed by atoms with Crippen molar-refractivity contribution in [1.82, 2.24) is 0 Å². The van der Waals surface area contributed by atoms with Crippen LogP contribution in [0, 0.1) is 17.0 Å². The maximum Gasteiger partial charge on any atom is 0.339 e. The zero-order chi connectivity index (χ0) is 18.0.